The van der Waals surface area contributed by atoms with Crippen molar-refractivity contribution in [2.24, 2.45) is 0 Å². The molecule has 2 heterocycles. The molecule has 134 valence electrons. The van der Waals surface area contributed by atoms with Crippen LogP contribution in [0, 0.1) is 0 Å². The highest BCUT2D eigenvalue weighted by Gasteiger charge is 2.24. The van der Waals surface area contributed by atoms with Gasteiger partial charge in [-0.25, -0.2) is 4.98 Å². The van der Waals surface area contributed by atoms with Gasteiger partial charge < -0.3 is 15.0 Å². The summed E-state index contributed by atoms with van der Waals surface area (Å²) in [6.45, 7) is 5.65. The van der Waals surface area contributed by atoms with Crippen LogP contribution in [0.5, 0.6) is 5.75 Å². The van der Waals surface area contributed by atoms with Crippen molar-refractivity contribution in [3.8, 4) is 5.75 Å². The third-order valence-corrected chi connectivity index (χ3v) is 5.10. The van der Waals surface area contributed by atoms with Gasteiger partial charge in [-0.1, -0.05) is 12.1 Å². The summed E-state index contributed by atoms with van der Waals surface area (Å²) in [5, 5.41) is 10.1. The zero-order valence-electron chi connectivity index (χ0n) is 14.7. The van der Waals surface area contributed by atoms with Gasteiger partial charge in [-0.05, 0) is 43.3 Å². The minimum absolute atomic E-state index is 0.0503. The predicted molar refractivity (Wildman–Crippen MR) is 103 cm³/mol. The van der Waals surface area contributed by atoms with E-state index in [0.29, 0.717) is 11.2 Å². The third-order valence-electron chi connectivity index (χ3n) is 5.10. The number of hydrogen-bond acceptors (Lipinski definition) is 5. The van der Waals surface area contributed by atoms with Crippen molar-refractivity contribution in [3.63, 3.8) is 0 Å². The van der Waals surface area contributed by atoms with Crippen LogP contribution in [0.2, 0.25) is 0 Å². The molecule has 1 fully saturated rings. The van der Waals surface area contributed by atoms with Crippen LogP contribution in [0.4, 0.5) is 5.69 Å². The fraction of sp³-hybridized carbons (Fsp3) is 0.300. The lowest BCUT2D eigenvalue weighted by molar-refractivity contribution is 0.192. The number of aromatic amines is 1. The molecule has 2 aromatic carbocycles. The molecule has 1 aromatic heterocycles. The first kappa shape index (κ1) is 16.6. The van der Waals surface area contributed by atoms with Gasteiger partial charge in [0.25, 0.3) is 5.56 Å². The van der Waals surface area contributed by atoms with Crippen LogP contribution in [0.1, 0.15) is 18.8 Å². The summed E-state index contributed by atoms with van der Waals surface area (Å²) in [5.41, 5.74) is 1.77. The van der Waals surface area contributed by atoms with Crippen LogP contribution >= 0.6 is 0 Å². The van der Waals surface area contributed by atoms with Crippen molar-refractivity contribution in [2.45, 2.75) is 13.0 Å². The van der Waals surface area contributed by atoms with E-state index in [1.807, 2.05) is 30.3 Å². The minimum atomic E-state index is -0.0832. The maximum atomic E-state index is 12.3. The van der Waals surface area contributed by atoms with Gasteiger partial charge in [0.15, 0.2) is 0 Å². The van der Waals surface area contributed by atoms with Crippen molar-refractivity contribution in [3.05, 3.63) is 64.7 Å². The number of aromatic nitrogens is 2. The number of rotatable bonds is 3. The molecule has 1 saturated heterocycles. The monoisotopic (exact) mass is 350 g/mol. The molecule has 3 aromatic rings. The molecule has 0 amide bonds. The number of H-pyrrole nitrogens is 1. The van der Waals surface area contributed by atoms with Gasteiger partial charge >= 0.3 is 0 Å². The lowest BCUT2D eigenvalue weighted by Crippen LogP contribution is -2.47. The Morgan fingerprint density at radius 1 is 1.04 bits per heavy atom. The Morgan fingerprint density at radius 3 is 2.46 bits per heavy atom. The van der Waals surface area contributed by atoms with E-state index < -0.39 is 0 Å². The largest absolute Gasteiger partial charge is 0.508 e. The van der Waals surface area contributed by atoms with Crippen LogP contribution in [0.3, 0.4) is 0 Å². The normalized spacial score (nSPS) is 16.7. The third kappa shape index (κ3) is 3.15. The van der Waals surface area contributed by atoms with Crippen molar-refractivity contribution in [1.82, 2.24) is 14.9 Å². The molecule has 26 heavy (non-hydrogen) atoms. The van der Waals surface area contributed by atoms with Crippen LogP contribution in [-0.2, 0) is 0 Å². The Kier molecular flexibility index (Phi) is 4.34. The molecular weight excluding hydrogens is 328 g/mol. The fourth-order valence-electron chi connectivity index (χ4n) is 3.51. The SMILES string of the molecule is CC(c1nc2ccccc2c(=O)[nH]1)N1CCN(c2ccc(O)cc2)CC1. The molecular formula is C20H22N4O2. The summed E-state index contributed by atoms with van der Waals surface area (Å²) in [7, 11) is 0. The lowest BCUT2D eigenvalue weighted by Gasteiger charge is -2.38. The van der Waals surface area contributed by atoms with Gasteiger partial charge in [0, 0.05) is 31.9 Å². The number of anilines is 1. The summed E-state index contributed by atoms with van der Waals surface area (Å²) >= 11 is 0. The topological polar surface area (TPSA) is 72.5 Å². The van der Waals surface area contributed by atoms with Gasteiger partial charge in [-0.15, -0.1) is 0 Å². The number of piperazine rings is 1. The molecule has 0 saturated carbocycles. The first-order chi connectivity index (χ1) is 12.6. The van der Waals surface area contributed by atoms with Crippen LogP contribution in [-0.4, -0.2) is 46.2 Å². The second kappa shape index (κ2) is 6.80. The molecule has 1 aliphatic rings. The molecule has 0 spiro atoms. The van der Waals surface area contributed by atoms with Gasteiger partial charge in [0.2, 0.25) is 0 Å². The molecule has 0 bridgehead atoms. The highest BCUT2D eigenvalue weighted by molar-refractivity contribution is 5.77. The van der Waals surface area contributed by atoms with Crippen LogP contribution < -0.4 is 10.5 Å². The van der Waals surface area contributed by atoms with E-state index in [0.717, 1.165) is 37.4 Å². The van der Waals surface area contributed by atoms with E-state index in [1.54, 1.807) is 18.2 Å². The Balaban J connectivity index is 1.49. The maximum Gasteiger partial charge on any atom is 0.258 e. The fourth-order valence-corrected chi connectivity index (χ4v) is 3.51. The number of nitrogens with zero attached hydrogens (tertiary/aromatic N) is 3. The average molecular weight is 350 g/mol. The second-order valence-electron chi connectivity index (χ2n) is 6.68. The Morgan fingerprint density at radius 2 is 1.73 bits per heavy atom. The Labute approximate surface area is 151 Å². The number of benzene rings is 2. The van der Waals surface area contributed by atoms with Crippen LogP contribution in [0.25, 0.3) is 10.9 Å². The molecule has 4 rings (SSSR count). The van der Waals surface area contributed by atoms with E-state index >= 15 is 0 Å². The van der Waals surface area contributed by atoms with Crippen molar-refractivity contribution in [2.75, 3.05) is 31.1 Å². The smallest absolute Gasteiger partial charge is 0.258 e. The minimum Gasteiger partial charge on any atom is -0.508 e. The van der Waals surface area contributed by atoms with E-state index in [-0.39, 0.29) is 17.4 Å². The predicted octanol–water partition coefficient (Wildman–Crippen LogP) is 2.51. The second-order valence-corrected chi connectivity index (χ2v) is 6.68. The number of para-hydroxylation sites is 1. The quantitative estimate of drug-likeness (QED) is 0.759. The number of hydrogen-bond donors (Lipinski definition) is 2. The zero-order chi connectivity index (χ0) is 18.1. The molecule has 6 nitrogen and oxygen atoms in total. The molecule has 0 aliphatic carbocycles. The van der Waals surface area contributed by atoms with Gasteiger partial charge in [0.05, 0.1) is 16.9 Å². The van der Waals surface area contributed by atoms with Gasteiger partial charge in [-0.3, -0.25) is 9.69 Å². The average Bonchev–Trinajstić information content (AvgIpc) is 2.68. The summed E-state index contributed by atoms with van der Waals surface area (Å²) in [4.78, 5) is 24.6. The van der Waals surface area contributed by atoms with Crippen LogP contribution in [0.15, 0.2) is 53.3 Å². The number of phenolic OH excluding ortho intramolecular Hbond substituents is 1. The summed E-state index contributed by atoms with van der Waals surface area (Å²) in [5.74, 6) is 0.999. The van der Waals surface area contributed by atoms with E-state index in [4.69, 9.17) is 0 Å². The Hall–Kier alpha value is -2.86. The molecule has 1 atom stereocenters. The number of fused-ring (bicyclic) bond motifs is 1. The van der Waals surface area contributed by atoms with E-state index in [9.17, 15) is 9.90 Å². The summed E-state index contributed by atoms with van der Waals surface area (Å²) in [6.07, 6.45) is 0. The molecule has 0 radical (unpaired) electrons. The van der Waals surface area contributed by atoms with Crippen molar-refractivity contribution in [1.29, 1.82) is 0 Å². The first-order valence-corrected chi connectivity index (χ1v) is 8.89. The maximum absolute atomic E-state index is 12.3. The summed E-state index contributed by atoms with van der Waals surface area (Å²) in [6, 6.07) is 14.8. The van der Waals surface area contributed by atoms with Crippen molar-refractivity contribution < 1.29 is 5.11 Å². The first-order valence-electron chi connectivity index (χ1n) is 8.89. The molecule has 1 unspecified atom stereocenters. The molecule has 1 aliphatic heterocycles. The van der Waals surface area contributed by atoms with E-state index in [1.165, 1.54) is 0 Å². The molecule has 2 N–H and O–H groups in total. The van der Waals surface area contributed by atoms with E-state index in [2.05, 4.69) is 26.7 Å². The highest BCUT2D eigenvalue weighted by atomic mass is 16.3. The van der Waals surface area contributed by atoms with Gasteiger partial charge in [-0.2, -0.15) is 0 Å². The zero-order valence-corrected chi connectivity index (χ0v) is 14.7. The lowest BCUT2D eigenvalue weighted by atomic mass is 10.2. The number of aromatic hydroxyl groups is 1. The highest BCUT2D eigenvalue weighted by Crippen LogP contribution is 2.23. The molecule has 6 heteroatoms. The number of nitrogens with one attached hydrogen (secondary N) is 1. The standard InChI is InChI=1S/C20H22N4O2/c1-14(19-21-18-5-3-2-4-17(18)20(26)22-19)23-10-12-24(13-11-23)15-6-8-16(25)9-7-15/h2-9,14,25H,10-13H2,1H3,(H,21,22,26). The Bertz CT molecular complexity index is 959. The number of phenols is 1. The van der Waals surface area contributed by atoms with Gasteiger partial charge in [0.1, 0.15) is 11.6 Å². The summed E-state index contributed by atoms with van der Waals surface area (Å²) < 4.78 is 0. The van der Waals surface area contributed by atoms with Crippen molar-refractivity contribution >= 4 is 16.6 Å².